The van der Waals surface area contributed by atoms with E-state index in [-0.39, 0.29) is 11.7 Å². The second-order valence-corrected chi connectivity index (χ2v) is 4.64. The lowest BCUT2D eigenvalue weighted by molar-refractivity contribution is -0.389. The Morgan fingerprint density at radius 1 is 1.38 bits per heavy atom. The van der Waals surface area contributed by atoms with E-state index < -0.39 is 4.92 Å². The van der Waals surface area contributed by atoms with Crippen molar-refractivity contribution in [2.75, 3.05) is 6.54 Å². The normalized spacial score (nSPS) is 10.3. The van der Waals surface area contributed by atoms with Gasteiger partial charge in [-0.2, -0.15) is 4.68 Å². The second kappa shape index (κ2) is 6.65. The first-order valence-electron chi connectivity index (χ1n) is 6.56. The zero-order valence-corrected chi connectivity index (χ0v) is 11.7. The Bertz CT molecular complexity index is 637. The number of hydrogen-bond donors (Lipinski definition) is 1. The van der Waals surface area contributed by atoms with Crippen LogP contribution >= 0.6 is 0 Å². The molecule has 0 fully saturated rings. The first-order chi connectivity index (χ1) is 10.1. The van der Waals surface area contributed by atoms with Gasteiger partial charge in [-0.05, 0) is 17.4 Å². The van der Waals surface area contributed by atoms with Crippen molar-refractivity contribution in [2.45, 2.75) is 19.9 Å². The Kier molecular flexibility index (Phi) is 4.65. The molecule has 0 saturated heterocycles. The van der Waals surface area contributed by atoms with E-state index in [0.29, 0.717) is 25.2 Å². The van der Waals surface area contributed by atoms with Gasteiger partial charge in [0.2, 0.25) is 5.91 Å². The molecule has 110 valence electrons. The summed E-state index contributed by atoms with van der Waals surface area (Å²) in [5, 5.41) is 17.2. The monoisotopic (exact) mass is 288 g/mol. The molecular weight excluding hydrogens is 272 g/mol. The molecule has 0 aliphatic rings. The van der Waals surface area contributed by atoms with E-state index in [2.05, 4.69) is 10.4 Å². The van der Waals surface area contributed by atoms with Crippen molar-refractivity contribution >= 4 is 11.7 Å². The van der Waals surface area contributed by atoms with Gasteiger partial charge in [0, 0.05) is 6.54 Å². The van der Waals surface area contributed by atoms with Gasteiger partial charge >= 0.3 is 5.82 Å². The molecular formula is C14H16N4O3. The molecule has 1 aromatic carbocycles. The van der Waals surface area contributed by atoms with Crippen LogP contribution in [0.4, 0.5) is 5.82 Å². The SMILES string of the molecule is Cc1cc([N+](=O)[O-])nn1CCNC(=O)Cc1ccccc1. The van der Waals surface area contributed by atoms with Crippen molar-refractivity contribution in [2.24, 2.45) is 0 Å². The molecule has 0 bridgehead atoms. The highest BCUT2D eigenvalue weighted by atomic mass is 16.6. The predicted molar refractivity (Wildman–Crippen MR) is 76.8 cm³/mol. The predicted octanol–water partition coefficient (Wildman–Crippen LogP) is 1.46. The van der Waals surface area contributed by atoms with Gasteiger partial charge in [0.05, 0.1) is 29.8 Å². The molecule has 1 heterocycles. The van der Waals surface area contributed by atoms with E-state index >= 15 is 0 Å². The summed E-state index contributed by atoms with van der Waals surface area (Å²) in [7, 11) is 0. The van der Waals surface area contributed by atoms with Crippen LogP contribution in [-0.2, 0) is 17.8 Å². The highest BCUT2D eigenvalue weighted by Crippen LogP contribution is 2.10. The molecule has 0 radical (unpaired) electrons. The number of hydrogen-bond acceptors (Lipinski definition) is 4. The third kappa shape index (κ3) is 4.13. The van der Waals surface area contributed by atoms with Gasteiger partial charge in [-0.3, -0.25) is 4.79 Å². The number of nitrogens with one attached hydrogen (secondary N) is 1. The number of rotatable bonds is 6. The Morgan fingerprint density at radius 3 is 2.71 bits per heavy atom. The molecule has 1 N–H and O–H groups in total. The first kappa shape index (κ1) is 14.7. The van der Waals surface area contributed by atoms with Crippen molar-refractivity contribution in [3.05, 3.63) is 57.8 Å². The number of nitro groups is 1. The number of carbonyl (C=O) groups is 1. The molecule has 2 rings (SSSR count). The smallest absolute Gasteiger partial charge is 0.358 e. The van der Waals surface area contributed by atoms with Crippen LogP contribution in [0.1, 0.15) is 11.3 Å². The zero-order valence-electron chi connectivity index (χ0n) is 11.7. The molecule has 0 aliphatic heterocycles. The third-order valence-corrected chi connectivity index (χ3v) is 3.01. The number of amides is 1. The van der Waals surface area contributed by atoms with Crippen LogP contribution in [0.15, 0.2) is 36.4 Å². The number of nitrogens with zero attached hydrogens (tertiary/aromatic N) is 3. The number of aromatic nitrogens is 2. The average Bonchev–Trinajstić information content (AvgIpc) is 2.82. The van der Waals surface area contributed by atoms with E-state index in [0.717, 1.165) is 5.56 Å². The maximum Gasteiger partial charge on any atom is 0.390 e. The summed E-state index contributed by atoms with van der Waals surface area (Å²) in [6, 6.07) is 10.9. The van der Waals surface area contributed by atoms with Gasteiger partial charge in [-0.1, -0.05) is 30.3 Å². The van der Waals surface area contributed by atoms with Gasteiger partial charge < -0.3 is 15.4 Å². The molecule has 0 aliphatic carbocycles. The lowest BCUT2D eigenvalue weighted by Crippen LogP contribution is -2.29. The molecule has 0 spiro atoms. The van der Waals surface area contributed by atoms with Gasteiger partial charge in [0.1, 0.15) is 0 Å². The fourth-order valence-corrected chi connectivity index (χ4v) is 1.95. The quantitative estimate of drug-likeness (QED) is 0.643. The Labute approximate surface area is 121 Å². The molecule has 7 nitrogen and oxygen atoms in total. The Balaban J connectivity index is 1.81. The number of carbonyl (C=O) groups excluding carboxylic acids is 1. The van der Waals surface area contributed by atoms with Crippen molar-refractivity contribution < 1.29 is 9.72 Å². The molecule has 2 aromatic rings. The van der Waals surface area contributed by atoms with Crippen LogP contribution in [0, 0.1) is 17.0 Å². The van der Waals surface area contributed by atoms with Crippen LogP contribution in [0.3, 0.4) is 0 Å². The molecule has 0 unspecified atom stereocenters. The van der Waals surface area contributed by atoms with E-state index in [9.17, 15) is 14.9 Å². The standard InChI is InChI=1S/C14H16N4O3/c1-11-9-13(18(20)21)16-17(11)8-7-15-14(19)10-12-5-3-2-4-6-12/h2-6,9H,7-8,10H2,1H3,(H,15,19). The maximum absolute atomic E-state index is 11.8. The number of aryl methyl sites for hydroxylation is 1. The summed E-state index contributed by atoms with van der Waals surface area (Å²) in [6.07, 6.45) is 0.319. The van der Waals surface area contributed by atoms with E-state index in [4.69, 9.17) is 0 Å². The summed E-state index contributed by atoms with van der Waals surface area (Å²) in [5.74, 6) is -0.261. The fourth-order valence-electron chi connectivity index (χ4n) is 1.95. The molecule has 0 saturated carbocycles. The third-order valence-electron chi connectivity index (χ3n) is 3.01. The first-order valence-corrected chi connectivity index (χ1v) is 6.56. The Hall–Kier alpha value is -2.70. The van der Waals surface area contributed by atoms with E-state index in [1.54, 1.807) is 6.92 Å². The Morgan fingerprint density at radius 2 is 2.10 bits per heavy atom. The van der Waals surface area contributed by atoms with Crippen LogP contribution in [-0.4, -0.2) is 27.2 Å². The van der Waals surface area contributed by atoms with Gasteiger partial charge in [0.15, 0.2) is 0 Å². The van der Waals surface area contributed by atoms with Crippen molar-refractivity contribution in [1.82, 2.24) is 15.1 Å². The second-order valence-electron chi connectivity index (χ2n) is 4.64. The summed E-state index contributed by atoms with van der Waals surface area (Å²) < 4.78 is 1.51. The van der Waals surface area contributed by atoms with Crippen LogP contribution in [0.2, 0.25) is 0 Å². The lowest BCUT2D eigenvalue weighted by Gasteiger charge is -2.04. The average molecular weight is 288 g/mol. The van der Waals surface area contributed by atoms with Crippen molar-refractivity contribution in [1.29, 1.82) is 0 Å². The highest BCUT2D eigenvalue weighted by Gasteiger charge is 2.14. The summed E-state index contributed by atoms with van der Waals surface area (Å²) >= 11 is 0. The minimum atomic E-state index is -0.530. The van der Waals surface area contributed by atoms with Crippen LogP contribution in [0.5, 0.6) is 0 Å². The summed E-state index contributed by atoms with van der Waals surface area (Å²) in [4.78, 5) is 21.8. The highest BCUT2D eigenvalue weighted by molar-refractivity contribution is 5.78. The van der Waals surface area contributed by atoms with Gasteiger partial charge in [-0.25, -0.2) is 0 Å². The van der Waals surface area contributed by atoms with E-state index in [1.807, 2.05) is 30.3 Å². The fraction of sp³-hybridized carbons (Fsp3) is 0.286. The van der Waals surface area contributed by atoms with E-state index in [1.165, 1.54) is 10.7 Å². The molecule has 21 heavy (non-hydrogen) atoms. The summed E-state index contributed by atoms with van der Waals surface area (Å²) in [6.45, 7) is 2.53. The maximum atomic E-state index is 11.8. The molecule has 1 amide bonds. The largest absolute Gasteiger partial charge is 0.390 e. The van der Waals surface area contributed by atoms with Gasteiger partial charge in [-0.15, -0.1) is 0 Å². The summed E-state index contributed by atoms with van der Waals surface area (Å²) in [5.41, 5.74) is 1.64. The molecule has 1 aromatic heterocycles. The van der Waals surface area contributed by atoms with Crippen LogP contribution < -0.4 is 5.32 Å². The minimum absolute atomic E-state index is 0.0829. The molecule has 7 heteroatoms. The minimum Gasteiger partial charge on any atom is -0.358 e. The number of benzene rings is 1. The van der Waals surface area contributed by atoms with Gasteiger partial charge in [0.25, 0.3) is 0 Å². The zero-order chi connectivity index (χ0) is 15.2. The van der Waals surface area contributed by atoms with Crippen LogP contribution in [0.25, 0.3) is 0 Å². The topological polar surface area (TPSA) is 90.1 Å². The lowest BCUT2D eigenvalue weighted by atomic mass is 10.1. The molecule has 0 atom stereocenters. The van der Waals surface area contributed by atoms with Crippen molar-refractivity contribution in [3.8, 4) is 0 Å². The van der Waals surface area contributed by atoms with Crippen molar-refractivity contribution in [3.63, 3.8) is 0 Å².